The zero-order valence-electron chi connectivity index (χ0n) is 10.9. The fourth-order valence-electron chi connectivity index (χ4n) is 1.99. The summed E-state index contributed by atoms with van der Waals surface area (Å²) in [6.45, 7) is 2.31. The molecule has 0 aliphatic heterocycles. The van der Waals surface area contributed by atoms with Crippen LogP contribution in [0.2, 0.25) is 0 Å². The van der Waals surface area contributed by atoms with Crippen LogP contribution in [0, 0.1) is 6.92 Å². The summed E-state index contributed by atoms with van der Waals surface area (Å²) in [5.74, 6) is 1.49. The number of phenolic OH excluding ortho intramolecular Hbond substituents is 1. The molecule has 0 atom stereocenters. The van der Waals surface area contributed by atoms with E-state index in [1.54, 1.807) is 22.7 Å². The van der Waals surface area contributed by atoms with Crippen molar-refractivity contribution in [3.8, 4) is 5.75 Å². The maximum atomic E-state index is 9.80. The minimum atomic E-state index is 0.201. The van der Waals surface area contributed by atoms with Gasteiger partial charge in [-0.2, -0.15) is 14.6 Å². The van der Waals surface area contributed by atoms with Gasteiger partial charge in [0.05, 0.1) is 0 Å². The first kappa shape index (κ1) is 12.2. The van der Waals surface area contributed by atoms with E-state index in [1.807, 2.05) is 13.0 Å². The molecule has 0 fully saturated rings. The maximum absolute atomic E-state index is 9.80. The van der Waals surface area contributed by atoms with Crippen molar-refractivity contribution in [2.45, 2.75) is 13.5 Å². The number of fused-ring (bicyclic) bond motifs is 1. The number of nitrogens with two attached hydrogens (primary N) is 1. The molecule has 1 aromatic carbocycles. The lowest BCUT2D eigenvalue weighted by Gasteiger charge is -2.10. The number of aryl methyl sites for hydroxylation is 1. The number of rotatable bonds is 3. The Balaban J connectivity index is 1.90. The molecule has 7 nitrogen and oxygen atoms in total. The number of aromatic hydroxyl groups is 1. The summed E-state index contributed by atoms with van der Waals surface area (Å²) in [5.41, 5.74) is 7.88. The van der Waals surface area contributed by atoms with Gasteiger partial charge < -0.3 is 16.2 Å². The molecule has 0 amide bonds. The van der Waals surface area contributed by atoms with E-state index < -0.39 is 0 Å². The summed E-state index contributed by atoms with van der Waals surface area (Å²) in [6.07, 6.45) is 1.45. The van der Waals surface area contributed by atoms with Crippen LogP contribution in [0.25, 0.3) is 5.78 Å². The monoisotopic (exact) mass is 270 g/mol. The van der Waals surface area contributed by atoms with E-state index in [2.05, 4.69) is 20.4 Å². The molecule has 0 radical (unpaired) electrons. The van der Waals surface area contributed by atoms with Gasteiger partial charge in [-0.05, 0) is 25.1 Å². The fourth-order valence-corrected chi connectivity index (χ4v) is 1.99. The zero-order valence-corrected chi connectivity index (χ0v) is 10.9. The van der Waals surface area contributed by atoms with Crippen LogP contribution in [0.1, 0.15) is 11.3 Å². The van der Waals surface area contributed by atoms with Crippen LogP contribution in [0.5, 0.6) is 5.75 Å². The highest BCUT2D eigenvalue weighted by molar-refractivity contribution is 5.50. The summed E-state index contributed by atoms with van der Waals surface area (Å²) < 4.78 is 1.61. The largest absolute Gasteiger partial charge is 0.508 e. The number of aromatic nitrogens is 4. The summed E-state index contributed by atoms with van der Waals surface area (Å²) in [7, 11) is 0. The molecule has 3 aromatic rings. The van der Waals surface area contributed by atoms with Gasteiger partial charge in [0.25, 0.3) is 5.78 Å². The zero-order chi connectivity index (χ0) is 14.1. The minimum Gasteiger partial charge on any atom is -0.508 e. The Morgan fingerprint density at radius 2 is 2.20 bits per heavy atom. The third-order valence-electron chi connectivity index (χ3n) is 2.94. The van der Waals surface area contributed by atoms with E-state index in [0.29, 0.717) is 23.6 Å². The van der Waals surface area contributed by atoms with Gasteiger partial charge in [0.2, 0.25) is 0 Å². The first-order valence-corrected chi connectivity index (χ1v) is 6.12. The maximum Gasteiger partial charge on any atom is 0.254 e. The molecule has 3 rings (SSSR count). The number of phenols is 1. The predicted molar refractivity (Wildman–Crippen MR) is 75.4 cm³/mol. The van der Waals surface area contributed by atoms with Crippen molar-refractivity contribution in [1.29, 1.82) is 0 Å². The first-order valence-electron chi connectivity index (χ1n) is 6.12. The summed E-state index contributed by atoms with van der Waals surface area (Å²) in [5, 5.41) is 17.1. The predicted octanol–water partition coefficient (Wildman–Crippen LogP) is 1.33. The standard InChI is InChI=1S/C13H14N6O/c1-8-4-12(19-13(18-8)16-7-17-19)15-6-9-5-10(14)2-3-11(9)20/h2-5,7,15,20H,6,14H2,1H3. The van der Waals surface area contributed by atoms with Gasteiger partial charge in [-0.3, -0.25) is 0 Å². The van der Waals surface area contributed by atoms with Crippen molar-refractivity contribution in [1.82, 2.24) is 19.6 Å². The molecule has 7 heteroatoms. The lowest BCUT2D eigenvalue weighted by Crippen LogP contribution is -2.07. The quantitative estimate of drug-likeness (QED) is 0.490. The SMILES string of the molecule is Cc1cc(NCc2cc(N)ccc2O)n2ncnc2n1. The van der Waals surface area contributed by atoms with Crippen molar-refractivity contribution in [3.05, 3.63) is 41.9 Å². The fraction of sp³-hybridized carbons (Fsp3) is 0.154. The normalized spacial score (nSPS) is 10.8. The summed E-state index contributed by atoms with van der Waals surface area (Å²) >= 11 is 0. The third-order valence-corrected chi connectivity index (χ3v) is 2.94. The Labute approximate surface area is 115 Å². The molecule has 2 aromatic heterocycles. The van der Waals surface area contributed by atoms with Gasteiger partial charge in [0, 0.05) is 29.6 Å². The van der Waals surface area contributed by atoms with Gasteiger partial charge in [-0.15, -0.1) is 0 Å². The average Bonchev–Trinajstić information content (AvgIpc) is 2.87. The number of nitrogens with one attached hydrogen (secondary N) is 1. The van der Waals surface area contributed by atoms with E-state index in [4.69, 9.17) is 5.73 Å². The molecule has 0 unspecified atom stereocenters. The highest BCUT2D eigenvalue weighted by Gasteiger charge is 2.07. The van der Waals surface area contributed by atoms with Crippen molar-refractivity contribution < 1.29 is 5.11 Å². The second-order valence-electron chi connectivity index (χ2n) is 4.50. The molecular weight excluding hydrogens is 256 g/mol. The topological polar surface area (TPSA) is 101 Å². The van der Waals surface area contributed by atoms with Gasteiger partial charge >= 0.3 is 0 Å². The Kier molecular flexibility index (Phi) is 2.86. The second-order valence-corrected chi connectivity index (χ2v) is 4.50. The van der Waals surface area contributed by atoms with Crippen LogP contribution in [0.3, 0.4) is 0 Å². The van der Waals surface area contributed by atoms with Gasteiger partial charge in [0.15, 0.2) is 0 Å². The van der Waals surface area contributed by atoms with Crippen molar-refractivity contribution in [2.24, 2.45) is 0 Å². The van der Waals surface area contributed by atoms with E-state index in [0.717, 1.165) is 11.5 Å². The van der Waals surface area contributed by atoms with Crippen LogP contribution in [0.15, 0.2) is 30.6 Å². The highest BCUT2D eigenvalue weighted by Crippen LogP contribution is 2.21. The van der Waals surface area contributed by atoms with Crippen LogP contribution in [0.4, 0.5) is 11.5 Å². The number of hydrogen-bond acceptors (Lipinski definition) is 6. The van der Waals surface area contributed by atoms with E-state index in [1.165, 1.54) is 6.33 Å². The smallest absolute Gasteiger partial charge is 0.254 e. The van der Waals surface area contributed by atoms with Crippen molar-refractivity contribution in [2.75, 3.05) is 11.1 Å². The Hall–Kier alpha value is -2.83. The average molecular weight is 270 g/mol. The van der Waals surface area contributed by atoms with Crippen molar-refractivity contribution in [3.63, 3.8) is 0 Å². The molecule has 102 valence electrons. The molecule has 2 heterocycles. The number of benzene rings is 1. The molecule has 0 saturated heterocycles. The molecular formula is C13H14N6O. The summed E-state index contributed by atoms with van der Waals surface area (Å²) in [4.78, 5) is 8.32. The van der Waals surface area contributed by atoms with Gasteiger partial charge in [0.1, 0.15) is 17.9 Å². The lowest BCUT2D eigenvalue weighted by atomic mass is 10.2. The second kappa shape index (κ2) is 4.69. The van der Waals surface area contributed by atoms with Crippen molar-refractivity contribution >= 4 is 17.3 Å². The molecule has 0 aliphatic carbocycles. The lowest BCUT2D eigenvalue weighted by molar-refractivity contribution is 0.469. The Morgan fingerprint density at radius 3 is 3.05 bits per heavy atom. The van der Waals surface area contributed by atoms with E-state index in [-0.39, 0.29) is 5.75 Å². The first-order chi connectivity index (χ1) is 9.63. The number of nitrogen functional groups attached to an aromatic ring is 1. The molecule has 20 heavy (non-hydrogen) atoms. The molecule has 0 spiro atoms. The van der Waals surface area contributed by atoms with Crippen LogP contribution in [-0.4, -0.2) is 24.7 Å². The van der Waals surface area contributed by atoms with E-state index in [9.17, 15) is 5.11 Å². The number of hydrogen-bond donors (Lipinski definition) is 3. The number of anilines is 2. The molecule has 0 saturated carbocycles. The van der Waals surface area contributed by atoms with E-state index >= 15 is 0 Å². The minimum absolute atomic E-state index is 0.201. The third kappa shape index (κ3) is 2.20. The van der Waals surface area contributed by atoms with Gasteiger partial charge in [-0.25, -0.2) is 4.98 Å². The van der Waals surface area contributed by atoms with Crippen LogP contribution >= 0.6 is 0 Å². The number of nitrogens with zero attached hydrogens (tertiary/aromatic N) is 4. The molecule has 0 aliphatic rings. The highest BCUT2D eigenvalue weighted by atomic mass is 16.3. The summed E-state index contributed by atoms with van der Waals surface area (Å²) in [6, 6.07) is 6.83. The van der Waals surface area contributed by atoms with Crippen LogP contribution < -0.4 is 11.1 Å². The Morgan fingerprint density at radius 1 is 1.35 bits per heavy atom. The van der Waals surface area contributed by atoms with Gasteiger partial charge in [-0.1, -0.05) is 0 Å². The Bertz CT molecular complexity index is 767. The van der Waals surface area contributed by atoms with Crippen LogP contribution in [-0.2, 0) is 6.54 Å². The molecule has 4 N–H and O–H groups in total. The molecule has 0 bridgehead atoms.